The zero-order valence-electron chi connectivity index (χ0n) is 22.4. The van der Waals surface area contributed by atoms with E-state index in [9.17, 15) is 20.1 Å². The minimum absolute atomic E-state index is 0.0184. The summed E-state index contributed by atoms with van der Waals surface area (Å²) in [4.78, 5) is 12.8. The van der Waals surface area contributed by atoms with Crippen LogP contribution in [-0.4, -0.2) is 34.0 Å². The first kappa shape index (κ1) is 24.8. The van der Waals surface area contributed by atoms with Gasteiger partial charge in [-0.1, -0.05) is 53.2 Å². The maximum absolute atomic E-state index is 12.8. The van der Waals surface area contributed by atoms with Crippen molar-refractivity contribution in [2.45, 2.75) is 105 Å². The minimum atomic E-state index is -0.591. The lowest BCUT2D eigenvalue weighted by molar-refractivity contribution is -0.217. The summed E-state index contributed by atoms with van der Waals surface area (Å²) in [6.07, 6.45) is 10.6. The van der Waals surface area contributed by atoms with Gasteiger partial charge in [-0.3, -0.25) is 4.79 Å². The van der Waals surface area contributed by atoms with E-state index >= 15 is 0 Å². The van der Waals surface area contributed by atoms with E-state index in [0.29, 0.717) is 23.7 Å². The van der Waals surface area contributed by atoms with Gasteiger partial charge in [0.15, 0.2) is 0 Å². The van der Waals surface area contributed by atoms with Crippen LogP contribution in [0.1, 0.15) is 99.3 Å². The Bertz CT molecular complexity index is 896. The fourth-order valence-corrected chi connectivity index (χ4v) is 10.9. The molecular formula is C30H48O4. The monoisotopic (exact) mass is 472 g/mol. The van der Waals surface area contributed by atoms with Gasteiger partial charge in [0.1, 0.15) is 0 Å². The molecule has 0 heterocycles. The van der Waals surface area contributed by atoms with Crippen LogP contribution in [-0.2, 0) is 4.79 Å². The van der Waals surface area contributed by atoms with Crippen LogP contribution in [0, 0.1) is 56.7 Å². The first-order chi connectivity index (χ1) is 15.8. The second-order valence-electron chi connectivity index (χ2n) is 14.3. The van der Waals surface area contributed by atoms with Crippen LogP contribution in [0.4, 0.5) is 0 Å². The summed E-state index contributed by atoms with van der Waals surface area (Å²) in [7, 11) is 0. The average molecular weight is 473 g/mol. The van der Waals surface area contributed by atoms with Gasteiger partial charge in [0.2, 0.25) is 0 Å². The van der Waals surface area contributed by atoms with E-state index in [4.69, 9.17) is 0 Å². The highest BCUT2D eigenvalue weighted by molar-refractivity contribution is 5.76. The molecule has 4 nitrogen and oxygen atoms in total. The molecule has 0 aromatic rings. The lowest BCUT2D eigenvalue weighted by Gasteiger charge is -2.71. The number of rotatable bonds is 2. The number of aliphatic hydroxyl groups is 2. The highest BCUT2D eigenvalue weighted by Gasteiger charge is 2.69. The third kappa shape index (κ3) is 2.76. The van der Waals surface area contributed by atoms with Gasteiger partial charge in [-0.15, -0.1) is 0 Å². The third-order valence-electron chi connectivity index (χ3n) is 13.5. The highest BCUT2D eigenvalue weighted by atomic mass is 16.4. The third-order valence-corrected chi connectivity index (χ3v) is 13.5. The molecule has 192 valence electrons. The molecule has 0 unspecified atom stereocenters. The van der Waals surface area contributed by atoms with Crippen LogP contribution in [0.5, 0.6) is 0 Å². The first-order valence-corrected chi connectivity index (χ1v) is 14.0. The Kier molecular flexibility index (Phi) is 5.52. The molecule has 4 saturated carbocycles. The van der Waals surface area contributed by atoms with E-state index in [-0.39, 0.29) is 28.8 Å². The molecule has 11 atom stereocenters. The van der Waals surface area contributed by atoms with E-state index in [1.54, 1.807) is 0 Å². The van der Waals surface area contributed by atoms with Gasteiger partial charge in [-0.05, 0) is 104 Å². The predicted octanol–water partition coefficient (Wildman–Crippen LogP) is 6.06. The largest absolute Gasteiger partial charge is 0.481 e. The zero-order chi connectivity index (χ0) is 24.9. The molecule has 5 aliphatic rings. The molecule has 4 fully saturated rings. The quantitative estimate of drug-likeness (QED) is 0.427. The predicted molar refractivity (Wildman–Crippen MR) is 134 cm³/mol. The van der Waals surface area contributed by atoms with Gasteiger partial charge < -0.3 is 15.3 Å². The van der Waals surface area contributed by atoms with Crippen LogP contribution in [0.2, 0.25) is 0 Å². The molecule has 0 aliphatic heterocycles. The maximum atomic E-state index is 12.8. The standard InChI is InChI=1S/C30H48O4/c1-18-9-14-30(25(33)34)16-15-28(5)20(24(30)19(18)2)7-8-22-26(3)12-11-23(32)27(4,17-31)21(26)10-13-29(22,28)6/h7,18-19,21-24,31-32H,8-17H2,1-6H3,(H,33,34)/t18-,19+,21-,22-,23+,24+,26+,27-,28-,29-,30+/m1/s1. The van der Waals surface area contributed by atoms with E-state index in [2.05, 4.69) is 47.6 Å². The summed E-state index contributed by atoms with van der Waals surface area (Å²) in [5, 5.41) is 31.9. The molecule has 0 amide bonds. The fraction of sp³-hybridized carbons (Fsp3) is 0.900. The van der Waals surface area contributed by atoms with Gasteiger partial charge in [0, 0.05) is 5.41 Å². The molecule has 0 aromatic carbocycles. The number of allylic oxidation sites excluding steroid dienone is 2. The summed E-state index contributed by atoms with van der Waals surface area (Å²) >= 11 is 0. The Balaban J connectivity index is 1.61. The number of hydrogen-bond donors (Lipinski definition) is 3. The molecule has 3 N–H and O–H groups in total. The Hall–Kier alpha value is -0.870. The SMILES string of the molecule is C[C@H]1[C@H](C)CC[C@]2(C(=O)O)CC[C@]3(C)C(=CC[C@@H]4[C@@]5(C)CC[C@H](O)[C@](C)(CO)[C@@H]5CC[C@]43C)[C@H]12. The second kappa shape index (κ2) is 7.57. The minimum Gasteiger partial charge on any atom is -0.481 e. The molecular weight excluding hydrogens is 424 g/mol. The van der Waals surface area contributed by atoms with Crippen molar-refractivity contribution in [3.8, 4) is 0 Å². The molecule has 34 heavy (non-hydrogen) atoms. The molecule has 4 heteroatoms. The van der Waals surface area contributed by atoms with Gasteiger partial charge in [-0.25, -0.2) is 0 Å². The number of hydrogen-bond acceptors (Lipinski definition) is 3. The number of aliphatic carboxylic acids is 1. The van der Waals surface area contributed by atoms with Gasteiger partial charge in [0.25, 0.3) is 0 Å². The van der Waals surface area contributed by atoms with Crippen molar-refractivity contribution in [1.82, 2.24) is 0 Å². The van der Waals surface area contributed by atoms with Crippen molar-refractivity contribution in [2.24, 2.45) is 56.7 Å². The van der Waals surface area contributed by atoms with Crippen LogP contribution in [0.3, 0.4) is 0 Å². The van der Waals surface area contributed by atoms with Crippen LogP contribution < -0.4 is 0 Å². The topological polar surface area (TPSA) is 77.8 Å². The van der Waals surface area contributed by atoms with Gasteiger partial charge in [0.05, 0.1) is 18.1 Å². The maximum Gasteiger partial charge on any atom is 0.310 e. The van der Waals surface area contributed by atoms with Crippen molar-refractivity contribution >= 4 is 5.97 Å². The summed E-state index contributed by atoms with van der Waals surface area (Å²) in [6, 6.07) is 0. The molecule has 5 rings (SSSR count). The summed E-state index contributed by atoms with van der Waals surface area (Å²) in [6.45, 7) is 14.3. The Labute approximate surface area is 206 Å². The molecule has 0 radical (unpaired) electrons. The van der Waals surface area contributed by atoms with E-state index in [1.807, 2.05) is 0 Å². The Morgan fingerprint density at radius 3 is 2.32 bits per heavy atom. The smallest absolute Gasteiger partial charge is 0.310 e. The number of aliphatic hydroxyl groups excluding tert-OH is 2. The van der Waals surface area contributed by atoms with Crippen molar-refractivity contribution in [3.63, 3.8) is 0 Å². The zero-order valence-corrected chi connectivity index (χ0v) is 22.4. The number of carboxylic acids is 1. The normalized spacial score (nSPS) is 56.9. The van der Waals surface area contributed by atoms with Gasteiger partial charge >= 0.3 is 5.97 Å². The van der Waals surface area contributed by atoms with Gasteiger partial charge in [-0.2, -0.15) is 0 Å². The fourth-order valence-electron chi connectivity index (χ4n) is 10.9. The Morgan fingerprint density at radius 2 is 1.68 bits per heavy atom. The van der Waals surface area contributed by atoms with E-state index in [1.165, 1.54) is 5.57 Å². The van der Waals surface area contributed by atoms with Crippen LogP contribution >= 0.6 is 0 Å². The van der Waals surface area contributed by atoms with E-state index in [0.717, 1.165) is 57.8 Å². The van der Waals surface area contributed by atoms with Crippen LogP contribution in [0.15, 0.2) is 11.6 Å². The summed E-state index contributed by atoms with van der Waals surface area (Å²) < 4.78 is 0. The van der Waals surface area contributed by atoms with Crippen molar-refractivity contribution in [2.75, 3.05) is 6.61 Å². The number of carbonyl (C=O) groups is 1. The molecule has 0 aromatic heterocycles. The van der Waals surface area contributed by atoms with Crippen LogP contribution in [0.25, 0.3) is 0 Å². The summed E-state index contributed by atoms with van der Waals surface area (Å²) in [5.74, 6) is 1.35. The second-order valence-corrected chi connectivity index (χ2v) is 14.3. The Morgan fingerprint density at radius 1 is 0.971 bits per heavy atom. The first-order valence-electron chi connectivity index (χ1n) is 14.0. The lowest BCUT2D eigenvalue weighted by atomic mass is 9.33. The summed E-state index contributed by atoms with van der Waals surface area (Å²) in [5.41, 5.74) is 0.670. The molecule has 0 bridgehead atoms. The van der Waals surface area contributed by atoms with Crippen molar-refractivity contribution in [3.05, 3.63) is 11.6 Å². The average Bonchev–Trinajstić information content (AvgIpc) is 2.79. The molecule has 0 spiro atoms. The molecule has 0 saturated heterocycles. The number of carboxylic acid groups (broad SMARTS) is 1. The highest BCUT2D eigenvalue weighted by Crippen LogP contribution is 2.75. The lowest BCUT2D eigenvalue weighted by Crippen LogP contribution is -2.66. The molecule has 5 aliphatic carbocycles. The van der Waals surface area contributed by atoms with Crippen molar-refractivity contribution < 1.29 is 20.1 Å². The van der Waals surface area contributed by atoms with E-state index < -0.39 is 22.9 Å². The number of fused-ring (bicyclic) bond motifs is 7. The van der Waals surface area contributed by atoms with Crippen molar-refractivity contribution in [1.29, 1.82) is 0 Å².